The van der Waals surface area contributed by atoms with E-state index in [1.807, 2.05) is 48.9 Å². The molecule has 0 amide bonds. The van der Waals surface area contributed by atoms with Gasteiger partial charge in [0.25, 0.3) is 5.56 Å². The van der Waals surface area contributed by atoms with Gasteiger partial charge in [-0.05, 0) is 43.0 Å². The van der Waals surface area contributed by atoms with E-state index in [4.69, 9.17) is 22.3 Å². The van der Waals surface area contributed by atoms with Crippen molar-refractivity contribution in [3.63, 3.8) is 0 Å². The Kier molecular flexibility index (Phi) is 4.99. The molecule has 1 saturated heterocycles. The van der Waals surface area contributed by atoms with Crippen LogP contribution in [0, 0.1) is 6.92 Å². The highest BCUT2D eigenvalue weighted by Gasteiger charge is 2.26. The van der Waals surface area contributed by atoms with Gasteiger partial charge in [-0.15, -0.1) is 0 Å². The molecular weight excluding hydrogens is 410 g/mol. The van der Waals surface area contributed by atoms with Crippen LogP contribution >= 0.6 is 11.6 Å². The standard InChI is InChI=1S/C24H26ClN5O/c1-15-9-10-18-20(12-15)28(2)23(31)22-21(18)27-24(29-11-5-7-17(26)14-29)30(22)13-16-6-3-4-8-19(16)25/h3-4,6,8-10,12,17H,5,7,11,13-14,26H2,1-2H3/t17-/m1/s1. The van der Waals surface area contributed by atoms with E-state index in [0.29, 0.717) is 17.1 Å². The fourth-order valence-corrected chi connectivity index (χ4v) is 4.81. The predicted octanol–water partition coefficient (Wildman–Crippen LogP) is 3.83. The molecule has 0 aliphatic carbocycles. The van der Waals surface area contributed by atoms with Gasteiger partial charge in [-0.1, -0.05) is 41.9 Å². The topological polar surface area (TPSA) is 69.1 Å². The summed E-state index contributed by atoms with van der Waals surface area (Å²) < 4.78 is 3.75. The van der Waals surface area contributed by atoms with Crippen molar-refractivity contribution < 1.29 is 0 Å². The van der Waals surface area contributed by atoms with Crippen LogP contribution in [-0.4, -0.2) is 33.2 Å². The summed E-state index contributed by atoms with van der Waals surface area (Å²) in [6, 6.07) is 14.0. The fraction of sp³-hybridized carbons (Fsp3) is 0.333. The summed E-state index contributed by atoms with van der Waals surface area (Å²) in [4.78, 5) is 20.8. The minimum Gasteiger partial charge on any atom is -0.341 e. The number of imidazole rings is 1. The number of aryl methyl sites for hydroxylation is 2. The first-order valence-electron chi connectivity index (χ1n) is 10.7. The van der Waals surface area contributed by atoms with Crippen molar-refractivity contribution >= 4 is 39.5 Å². The van der Waals surface area contributed by atoms with E-state index in [-0.39, 0.29) is 11.6 Å². The van der Waals surface area contributed by atoms with Crippen LogP contribution in [0.5, 0.6) is 0 Å². The molecule has 160 valence electrons. The highest BCUT2D eigenvalue weighted by atomic mass is 35.5. The Bertz CT molecular complexity index is 1360. The van der Waals surface area contributed by atoms with Crippen molar-refractivity contribution in [1.82, 2.24) is 14.1 Å². The molecule has 0 bridgehead atoms. The van der Waals surface area contributed by atoms with E-state index in [0.717, 1.165) is 59.4 Å². The Morgan fingerprint density at radius 2 is 2.03 bits per heavy atom. The number of fused-ring (bicyclic) bond motifs is 3. The van der Waals surface area contributed by atoms with Crippen LogP contribution < -0.4 is 16.2 Å². The fourth-order valence-electron chi connectivity index (χ4n) is 4.61. The number of hydrogen-bond acceptors (Lipinski definition) is 4. The monoisotopic (exact) mass is 435 g/mol. The normalized spacial score (nSPS) is 17.0. The largest absolute Gasteiger partial charge is 0.341 e. The molecule has 0 radical (unpaired) electrons. The molecule has 4 aromatic rings. The number of piperidine rings is 1. The van der Waals surface area contributed by atoms with Crippen molar-refractivity contribution in [1.29, 1.82) is 0 Å². The number of rotatable bonds is 3. The van der Waals surface area contributed by atoms with Crippen LogP contribution in [0.4, 0.5) is 5.95 Å². The quantitative estimate of drug-likeness (QED) is 0.531. The number of aromatic nitrogens is 3. The maximum Gasteiger partial charge on any atom is 0.277 e. The first-order chi connectivity index (χ1) is 14.9. The van der Waals surface area contributed by atoms with Gasteiger partial charge in [0.15, 0.2) is 0 Å². The third-order valence-electron chi connectivity index (χ3n) is 6.25. The van der Waals surface area contributed by atoms with Crippen molar-refractivity contribution in [2.24, 2.45) is 12.8 Å². The molecule has 5 rings (SSSR count). The summed E-state index contributed by atoms with van der Waals surface area (Å²) in [6.45, 7) is 4.11. The van der Waals surface area contributed by atoms with Gasteiger partial charge in [-0.25, -0.2) is 4.98 Å². The SMILES string of the molecule is Cc1ccc2c3nc(N4CCC[C@@H](N)C4)n(Cc4ccccc4Cl)c3c(=O)n(C)c2c1. The van der Waals surface area contributed by atoms with E-state index in [1.165, 1.54) is 0 Å². The molecular formula is C24H26ClN5O. The lowest BCUT2D eigenvalue weighted by Gasteiger charge is -2.32. The van der Waals surface area contributed by atoms with Gasteiger partial charge in [-0.2, -0.15) is 0 Å². The molecule has 0 spiro atoms. The molecule has 3 heterocycles. The number of halogens is 1. The Morgan fingerprint density at radius 1 is 1.23 bits per heavy atom. The van der Waals surface area contributed by atoms with Crippen LogP contribution in [-0.2, 0) is 13.6 Å². The van der Waals surface area contributed by atoms with Gasteiger partial charge in [0.05, 0.1) is 12.1 Å². The van der Waals surface area contributed by atoms with Crippen LogP contribution in [0.3, 0.4) is 0 Å². The molecule has 0 unspecified atom stereocenters. The van der Waals surface area contributed by atoms with Crippen LogP contribution in [0.25, 0.3) is 21.9 Å². The third-order valence-corrected chi connectivity index (χ3v) is 6.62. The van der Waals surface area contributed by atoms with Gasteiger partial charge in [0.2, 0.25) is 5.95 Å². The van der Waals surface area contributed by atoms with Gasteiger partial charge in [0, 0.05) is 36.6 Å². The van der Waals surface area contributed by atoms with E-state index in [2.05, 4.69) is 17.0 Å². The van der Waals surface area contributed by atoms with Crippen molar-refractivity contribution in [3.05, 3.63) is 69.0 Å². The molecule has 1 aliphatic rings. The highest BCUT2D eigenvalue weighted by molar-refractivity contribution is 6.31. The van der Waals surface area contributed by atoms with Crippen LogP contribution in [0.15, 0.2) is 47.3 Å². The molecule has 1 aliphatic heterocycles. The summed E-state index contributed by atoms with van der Waals surface area (Å²) in [6.07, 6.45) is 2.01. The van der Waals surface area contributed by atoms with Gasteiger partial charge >= 0.3 is 0 Å². The number of nitrogens with two attached hydrogens (primary N) is 1. The molecule has 6 nitrogen and oxygen atoms in total. The Hall–Kier alpha value is -2.83. The third kappa shape index (κ3) is 3.40. The molecule has 1 fully saturated rings. The van der Waals surface area contributed by atoms with E-state index in [9.17, 15) is 4.79 Å². The Morgan fingerprint density at radius 3 is 2.81 bits per heavy atom. The summed E-state index contributed by atoms with van der Waals surface area (Å²) in [7, 11) is 1.83. The Balaban J connectivity index is 1.81. The molecule has 1 atom stereocenters. The molecule has 7 heteroatoms. The maximum absolute atomic E-state index is 13.5. The molecule has 2 aromatic carbocycles. The predicted molar refractivity (Wildman–Crippen MR) is 127 cm³/mol. The van der Waals surface area contributed by atoms with Crippen molar-refractivity contribution in [2.45, 2.75) is 32.4 Å². The zero-order valence-electron chi connectivity index (χ0n) is 17.8. The lowest BCUT2D eigenvalue weighted by atomic mass is 10.1. The second kappa shape index (κ2) is 7.70. The van der Waals surface area contributed by atoms with Crippen LogP contribution in [0.2, 0.25) is 5.02 Å². The van der Waals surface area contributed by atoms with Gasteiger partial charge < -0.3 is 19.8 Å². The number of pyridine rings is 1. The second-order valence-corrected chi connectivity index (χ2v) is 8.93. The van der Waals surface area contributed by atoms with Gasteiger partial charge in [0.1, 0.15) is 11.0 Å². The molecule has 0 saturated carbocycles. The lowest BCUT2D eigenvalue weighted by molar-refractivity contribution is 0.495. The van der Waals surface area contributed by atoms with Crippen molar-refractivity contribution in [3.8, 4) is 0 Å². The minimum absolute atomic E-state index is 0.0554. The lowest BCUT2D eigenvalue weighted by Crippen LogP contribution is -2.44. The zero-order chi connectivity index (χ0) is 21.7. The van der Waals surface area contributed by atoms with E-state index < -0.39 is 0 Å². The first-order valence-corrected chi connectivity index (χ1v) is 11.1. The Labute approximate surface area is 185 Å². The van der Waals surface area contributed by atoms with Crippen LogP contribution in [0.1, 0.15) is 24.0 Å². The minimum atomic E-state index is -0.0554. The molecule has 2 N–H and O–H groups in total. The van der Waals surface area contributed by atoms with Crippen molar-refractivity contribution in [2.75, 3.05) is 18.0 Å². The average molecular weight is 436 g/mol. The summed E-state index contributed by atoms with van der Waals surface area (Å²) in [5.41, 5.74) is 10.5. The molecule has 31 heavy (non-hydrogen) atoms. The summed E-state index contributed by atoms with van der Waals surface area (Å²) in [5, 5.41) is 1.65. The van der Waals surface area contributed by atoms with Gasteiger partial charge in [-0.3, -0.25) is 4.79 Å². The van der Waals surface area contributed by atoms with E-state index in [1.54, 1.807) is 4.57 Å². The average Bonchev–Trinajstić information content (AvgIpc) is 3.13. The maximum atomic E-state index is 13.5. The number of hydrogen-bond donors (Lipinski definition) is 1. The second-order valence-electron chi connectivity index (χ2n) is 8.52. The highest BCUT2D eigenvalue weighted by Crippen LogP contribution is 2.30. The first kappa shape index (κ1) is 20.1. The number of nitrogens with zero attached hydrogens (tertiary/aromatic N) is 4. The molecule has 2 aromatic heterocycles. The number of benzene rings is 2. The zero-order valence-corrected chi connectivity index (χ0v) is 18.6. The summed E-state index contributed by atoms with van der Waals surface area (Å²) >= 11 is 6.49. The number of anilines is 1. The summed E-state index contributed by atoms with van der Waals surface area (Å²) in [5.74, 6) is 0.787. The smallest absolute Gasteiger partial charge is 0.277 e. The van der Waals surface area contributed by atoms with E-state index >= 15 is 0 Å².